The van der Waals surface area contributed by atoms with Gasteiger partial charge in [-0.1, -0.05) is 6.07 Å². The molecule has 1 atom stereocenters. The lowest BCUT2D eigenvalue weighted by Crippen LogP contribution is -2.26. The fraction of sp³-hybridized carbons (Fsp3) is 0.300. The van der Waals surface area contributed by atoms with E-state index in [4.69, 9.17) is 5.11 Å². The first-order valence-electron chi connectivity index (χ1n) is 4.85. The Morgan fingerprint density at radius 1 is 1.62 bits per heavy atom. The Labute approximate surface area is 91.9 Å². The molecule has 2 aromatic rings. The number of rotatable bonds is 3. The molecule has 1 unspecified atom stereocenters. The van der Waals surface area contributed by atoms with Gasteiger partial charge in [-0.3, -0.25) is 4.79 Å². The molecule has 0 fully saturated rings. The highest BCUT2D eigenvalue weighted by atomic mass is 16.4. The normalized spacial score (nSPS) is 12.9. The number of fused-ring (bicyclic) bond motifs is 1. The minimum atomic E-state index is -0.990. The fourth-order valence-corrected chi connectivity index (χ4v) is 1.54. The topological polar surface area (TPSA) is 79.5 Å². The Hall–Kier alpha value is -1.95. The molecule has 0 saturated carbocycles. The van der Waals surface area contributed by atoms with Crippen molar-refractivity contribution in [3.63, 3.8) is 0 Å². The number of nitrogens with one attached hydrogen (secondary N) is 1. The molecule has 84 valence electrons. The van der Waals surface area contributed by atoms with E-state index < -0.39 is 12.0 Å². The van der Waals surface area contributed by atoms with Crippen molar-refractivity contribution in [2.75, 3.05) is 7.05 Å². The Kier molecular flexibility index (Phi) is 2.57. The van der Waals surface area contributed by atoms with Gasteiger partial charge in [-0.25, -0.2) is 9.50 Å². The van der Waals surface area contributed by atoms with E-state index in [0.717, 1.165) is 5.56 Å². The highest BCUT2D eigenvalue weighted by Gasteiger charge is 2.22. The number of pyridine rings is 1. The summed E-state index contributed by atoms with van der Waals surface area (Å²) in [6.07, 6.45) is 1.74. The number of carboxylic acids is 1. The monoisotopic (exact) mass is 220 g/mol. The lowest BCUT2D eigenvalue weighted by atomic mass is 10.3. The van der Waals surface area contributed by atoms with Gasteiger partial charge >= 0.3 is 5.97 Å². The Balaban J connectivity index is 2.54. The van der Waals surface area contributed by atoms with E-state index in [1.807, 2.05) is 19.1 Å². The summed E-state index contributed by atoms with van der Waals surface area (Å²) < 4.78 is 1.58. The second kappa shape index (κ2) is 3.90. The second-order valence-electron chi connectivity index (χ2n) is 3.49. The molecule has 6 heteroatoms. The molecule has 6 nitrogen and oxygen atoms in total. The van der Waals surface area contributed by atoms with Gasteiger partial charge in [0.05, 0.1) is 0 Å². The molecule has 0 saturated heterocycles. The first-order valence-corrected chi connectivity index (χ1v) is 4.85. The van der Waals surface area contributed by atoms with E-state index in [-0.39, 0.29) is 5.82 Å². The van der Waals surface area contributed by atoms with Crippen LogP contribution in [0.1, 0.15) is 17.4 Å². The lowest BCUT2D eigenvalue weighted by molar-refractivity contribution is -0.139. The standard InChI is InChI=1S/C10H12N4O2/c1-6-4-3-5-14-9(6)12-8(13-14)7(11-2)10(15)16/h3-5,7,11H,1-2H3,(H,15,16). The van der Waals surface area contributed by atoms with Crippen LogP contribution in [0.4, 0.5) is 0 Å². The van der Waals surface area contributed by atoms with Gasteiger partial charge in [-0.05, 0) is 25.6 Å². The van der Waals surface area contributed by atoms with Crippen LogP contribution in [-0.2, 0) is 4.79 Å². The first-order chi connectivity index (χ1) is 7.63. The molecule has 0 aliphatic heterocycles. The van der Waals surface area contributed by atoms with Crippen molar-refractivity contribution in [3.05, 3.63) is 29.7 Å². The predicted molar refractivity (Wildman–Crippen MR) is 57.2 cm³/mol. The zero-order chi connectivity index (χ0) is 11.7. The molecule has 0 aliphatic carbocycles. The molecule has 2 N–H and O–H groups in total. The molecule has 0 radical (unpaired) electrons. The molecule has 0 spiro atoms. The molecule has 0 amide bonds. The molecule has 2 rings (SSSR count). The third kappa shape index (κ3) is 1.63. The van der Waals surface area contributed by atoms with Crippen LogP contribution in [0.15, 0.2) is 18.3 Å². The number of aryl methyl sites for hydroxylation is 1. The van der Waals surface area contributed by atoms with Gasteiger partial charge in [-0.15, -0.1) is 5.10 Å². The third-order valence-electron chi connectivity index (χ3n) is 2.37. The van der Waals surface area contributed by atoms with Crippen LogP contribution >= 0.6 is 0 Å². The number of nitrogens with zero attached hydrogens (tertiary/aromatic N) is 3. The smallest absolute Gasteiger partial charge is 0.328 e. The number of hydrogen-bond acceptors (Lipinski definition) is 4. The summed E-state index contributed by atoms with van der Waals surface area (Å²) in [6.45, 7) is 1.91. The van der Waals surface area contributed by atoms with Crippen LogP contribution < -0.4 is 5.32 Å². The van der Waals surface area contributed by atoms with Gasteiger partial charge in [0.2, 0.25) is 0 Å². The average molecular weight is 220 g/mol. The second-order valence-corrected chi connectivity index (χ2v) is 3.49. The fourth-order valence-electron chi connectivity index (χ4n) is 1.54. The minimum absolute atomic E-state index is 0.268. The van der Waals surface area contributed by atoms with E-state index in [1.54, 1.807) is 17.8 Å². The number of carboxylic acid groups (broad SMARTS) is 1. The molecule has 0 aromatic carbocycles. The van der Waals surface area contributed by atoms with Gasteiger partial charge in [0.25, 0.3) is 0 Å². The summed E-state index contributed by atoms with van der Waals surface area (Å²) in [7, 11) is 1.57. The van der Waals surface area contributed by atoms with Gasteiger partial charge in [0.1, 0.15) is 0 Å². The number of aliphatic carboxylic acids is 1. The largest absolute Gasteiger partial charge is 0.480 e. The molecule has 16 heavy (non-hydrogen) atoms. The molecule has 2 aromatic heterocycles. The lowest BCUT2D eigenvalue weighted by Gasteiger charge is -2.04. The number of carbonyl (C=O) groups is 1. The maximum absolute atomic E-state index is 10.9. The van der Waals surface area contributed by atoms with Crippen LogP contribution in [-0.4, -0.2) is 32.7 Å². The quantitative estimate of drug-likeness (QED) is 0.781. The number of aromatic nitrogens is 3. The van der Waals surface area contributed by atoms with Crippen LogP contribution in [0, 0.1) is 6.92 Å². The van der Waals surface area contributed by atoms with E-state index in [0.29, 0.717) is 5.65 Å². The summed E-state index contributed by atoms with van der Waals surface area (Å²) in [6, 6.07) is 2.87. The van der Waals surface area contributed by atoms with Crippen LogP contribution in [0.5, 0.6) is 0 Å². The molecular weight excluding hydrogens is 208 g/mol. The van der Waals surface area contributed by atoms with Crippen molar-refractivity contribution in [1.82, 2.24) is 19.9 Å². The Morgan fingerprint density at radius 3 is 2.94 bits per heavy atom. The minimum Gasteiger partial charge on any atom is -0.480 e. The Morgan fingerprint density at radius 2 is 2.38 bits per heavy atom. The molecule has 0 aliphatic rings. The number of hydrogen-bond donors (Lipinski definition) is 2. The maximum Gasteiger partial charge on any atom is 0.328 e. The summed E-state index contributed by atoms with van der Waals surface area (Å²) in [4.78, 5) is 15.2. The van der Waals surface area contributed by atoms with Crippen LogP contribution in [0.3, 0.4) is 0 Å². The van der Waals surface area contributed by atoms with Gasteiger partial charge < -0.3 is 10.4 Å². The van der Waals surface area contributed by atoms with Crippen molar-refractivity contribution in [2.45, 2.75) is 13.0 Å². The van der Waals surface area contributed by atoms with E-state index in [9.17, 15) is 4.79 Å². The van der Waals surface area contributed by atoms with Crippen molar-refractivity contribution < 1.29 is 9.90 Å². The summed E-state index contributed by atoms with van der Waals surface area (Å²) >= 11 is 0. The van der Waals surface area contributed by atoms with Gasteiger partial charge in [0.15, 0.2) is 17.5 Å². The SMILES string of the molecule is CNC(C(=O)O)c1nc2c(C)cccn2n1. The predicted octanol–water partition coefficient (Wildman–Crippen LogP) is 0.383. The highest BCUT2D eigenvalue weighted by Crippen LogP contribution is 2.12. The summed E-state index contributed by atoms with van der Waals surface area (Å²) in [5, 5.41) is 15.8. The zero-order valence-electron chi connectivity index (χ0n) is 9.01. The van der Waals surface area contributed by atoms with E-state index in [2.05, 4.69) is 15.4 Å². The van der Waals surface area contributed by atoms with Gasteiger partial charge in [0, 0.05) is 6.20 Å². The van der Waals surface area contributed by atoms with Crippen LogP contribution in [0.25, 0.3) is 5.65 Å². The molecular formula is C10H12N4O2. The van der Waals surface area contributed by atoms with Crippen molar-refractivity contribution in [2.24, 2.45) is 0 Å². The molecule has 2 heterocycles. The summed E-state index contributed by atoms with van der Waals surface area (Å²) in [5.41, 5.74) is 1.64. The van der Waals surface area contributed by atoms with Crippen molar-refractivity contribution >= 4 is 11.6 Å². The number of likely N-dealkylation sites (N-methyl/N-ethyl adjacent to an activating group) is 1. The summed E-state index contributed by atoms with van der Waals surface area (Å²) in [5.74, 6) is -0.722. The van der Waals surface area contributed by atoms with E-state index in [1.165, 1.54) is 0 Å². The average Bonchev–Trinajstić information content (AvgIpc) is 2.63. The highest BCUT2D eigenvalue weighted by molar-refractivity contribution is 5.74. The van der Waals surface area contributed by atoms with Crippen molar-refractivity contribution in [3.8, 4) is 0 Å². The zero-order valence-corrected chi connectivity index (χ0v) is 9.01. The molecule has 0 bridgehead atoms. The Bertz CT molecular complexity index is 535. The van der Waals surface area contributed by atoms with E-state index >= 15 is 0 Å². The van der Waals surface area contributed by atoms with Crippen LogP contribution in [0.2, 0.25) is 0 Å². The van der Waals surface area contributed by atoms with Gasteiger partial charge in [-0.2, -0.15) is 0 Å². The first kappa shape index (κ1) is 10.6. The maximum atomic E-state index is 10.9. The third-order valence-corrected chi connectivity index (χ3v) is 2.37. The van der Waals surface area contributed by atoms with Crippen molar-refractivity contribution in [1.29, 1.82) is 0 Å².